The molecule has 0 fully saturated rings. The van der Waals surface area contributed by atoms with Gasteiger partial charge in [-0.05, 0) is 24.6 Å². The van der Waals surface area contributed by atoms with E-state index in [0.29, 0.717) is 11.3 Å². The summed E-state index contributed by atoms with van der Waals surface area (Å²) in [6.07, 6.45) is 0. The quantitative estimate of drug-likeness (QED) is 0.792. The Balaban J connectivity index is 3.24. The third kappa shape index (κ3) is 2.24. The molecule has 0 bridgehead atoms. The molecule has 0 aromatic heterocycles. The largest absolute Gasteiger partial charge is 0.496 e. The molecule has 82 valence electrons. The van der Waals surface area contributed by atoms with E-state index in [-0.39, 0.29) is 5.56 Å². The van der Waals surface area contributed by atoms with E-state index in [4.69, 9.17) is 15.6 Å². The fourth-order valence-electron chi connectivity index (χ4n) is 1.26. The number of benzene rings is 1. The van der Waals surface area contributed by atoms with E-state index in [1.165, 1.54) is 19.2 Å². The number of ether oxygens (including phenoxy) is 1. The SMILES string of the molecule is COc1cc(C(N)C(=O)O)c(F)cc1C. The van der Waals surface area contributed by atoms with Crippen LogP contribution < -0.4 is 10.5 Å². The highest BCUT2D eigenvalue weighted by molar-refractivity contribution is 5.75. The summed E-state index contributed by atoms with van der Waals surface area (Å²) >= 11 is 0. The average Bonchev–Trinajstić information content (AvgIpc) is 2.17. The minimum absolute atomic E-state index is 0.0787. The first kappa shape index (κ1) is 11.5. The Kier molecular flexibility index (Phi) is 3.26. The van der Waals surface area contributed by atoms with Gasteiger partial charge >= 0.3 is 5.97 Å². The molecule has 0 spiro atoms. The van der Waals surface area contributed by atoms with Crippen LogP contribution in [0.15, 0.2) is 12.1 Å². The number of methoxy groups -OCH3 is 1. The van der Waals surface area contributed by atoms with Gasteiger partial charge in [-0.25, -0.2) is 4.39 Å². The van der Waals surface area contributed by atoms with Crippen molar-refractivity contribution in [1.82, 2.24) is 0 Å². The second kappa shape index (κ2) is 4.27. The maximum absolute atomic E-state index is 13.4. The maximum Gasteiger partial charge on any atom is 0.325 e. The van der Waals surface area contributed by atoms with Crippen LogP contribution in [0.2, 0.25) is 0 Å². The Morgan fingerprint density at radius 3 is 2.67 bits per heavy atom. The van der Waals surface area contributed by atoms with Gasteiger partial charge in [0.2, 0.25) is 0 Å². The highest BCUT2D eigenvalue weighted by atomic mass is 19.1. The van der Waals surface area contributed by atoms with Crippen molar-refractivity contribution in [3.63, 3.8) is 0 Å². The molecule has 1 rings (SSSR count). The van der Waals surface area contributed by atoms with Gasteiger partial charge in [-0.15, -0.1) is 0 Å². The first-order chi connectivity index (χ1) is 6.97. The summed E-state index contributed by atoms with van der Waals surface area (Å²) in [5, 5.41) is 8.66. The zero-order valence-corrected chi connectivity index (χ0v) is 8.45. The van der Waals surface area contributed by atoms with Crippen molar-refractivity contribution in [2.45, 2.75) is 13.0 Å². The minimum atomic E-state index is -1.38. The molecular formula is C10H12FNO3. The molecule has 0 radical (unpaired) electrons. The topological polar surface area (TPSA) is 72.5 Å². The third-order valence-corrected chi connectivity index (χ3v) is 2.12. The lowest BCUT2D eigenvalue weighted by Crippen LogP contribution is -2.22. The summed E-state index contributed by atoms with van der Waals surface area (Å²) in [5.41, 5.74) is 5.83. The van der Waals surface area contributed by atoms with Crippen LogP contribution in [0.5, 0.6) is 5.75 Å². The molecular weight excluding hydrogens is 201 g/mol. The average molecular weight is 213 g/mol. The lowest BCUT2D eigenvalue weighted by Gasteiger charge is -2.11. The standard InChI is InChI=1S/C10H12FNO3/c1-5-3-7(11)6(4-8(5)15-2)9(12)10(13)14/h3-4,9H,12H2,1-2H3,(H,13,14). The number of hydrogen-bond acceptors (Lipinski definition) is 3. The zero-order chi connectivity index (χ0) is 11.6. The Hall–Kier alpha value is -1.62. The smallest absolute Gasteiger partial charge is 0.325 e. The van der Waals surface area contributed by atoms with Crippen molar-refractivity contribution in [2.24, 2.45) is 5.73 Å². The fraction of sp³-hybridized carbons (Fsp3) is 0.300. The van der Waals surface area contributed by atoms with Gasteiger partial charge in [0.25, 0.3) is 0 Å². The van der Waals surface area contributed by atoms with Crippen LogP contribution >= 0.6 is 0 Å². The number of hydrogen-bond donors (Lipinski definition) is 2. The summed E-state index contributed by atoms with van der Waals surface area (Å²) in [6, 6.07) is 1.14. The molecule has 0 saturated carbocycles. The van der Waals surface area contributed by atoms with Crippen LogP contribution in [0.4, 0.5) is 4.39 Å². The van der Waals surface area contributed by atoms with Crippen molar-refractivity contribution in [2.75, 3.05) is 7.11 Å². The Labute approximate surface area is 86.5 Å². The normalized spacial score (nSPS) is 12.3. The van der Waals surface area contributed by atoms with Crippen LogP contribution in [0.25, 0.3) is 0 Å². The number of rotatable bonds is 3. The van der Waals surface area contributed by atoms with Gasteiger partial charge in [-0.1, -0.05) is 0 Å². The van der Waals surface area contributed by atoms with Gasteiger partial charge in [0.1, 0.15) is 17.6 Å². The number of nitrogens with two attached hydrogens (primary N) is 1. The van der Waals surface area contributed by atoms with Gasteiger partial charge < -0.3 is 15.6 Å². The Morgan fingerprint density at radius 2 is 2.20 bits per heavy atom. The van der Waals surface area contributed by atoms with E-state index < -0.39 is 17.8 Å². The number of aryl methyl sites for hydroxylation is 1. The number of carbonyl (C=O) groups is 1. The maximum atomic E-state index is 13.4. The van der Waals surface area contributed by atoms with Crippen LogP contribution in [0.3, 0.4) is 0 Å². The predicted molar refractivity (Wildman–Crippen MR) is 52.3 cm³/mol. The van der Waals surface area contributed by atoms with Gasteiger partial charge in [-0.2, -0.15) is 0 Å². The lowest BCUT2D eigenvalue weighted by molar-refractivity contribution is -0.138. The first-order valence-corrected chi connectivity index (χ1v) is 4.29. The van der Waals surface area contributed by atoms with Crippen molar-refractivity contribution in [1.29, 1.82) is 0 Å². The Morgan fingerprint density at radius 1 is 1.60 bits per heavy atom. The van der Waals surface area contributed by atoms with E-state index >= 15 is 0 Å². The lowest BCUT2D eigenvalue weighted by atomic mass is 10.0. The molecule has 4 nitrogen and oxygen atoms in total. The van der Waals surface area contributed by atoms with Crippen LogP contribution in [-0.2, 0) is 4.79 Å². The highest BCUT2D eigenvalue weighted by Crippen LogP contribution is 2.25. The van der Waals surface area contributed by atoms with E-state index in [2.05, 4.69) is 0 Å². The molecule has 5 heteroatoms. The second-order valence-electron chi connectivity index (χ2n) is 3.16. The number of carboxylic acids is 1. The fourth-order valence-corrected chi connectivity index (χ4v) is 1.26. The van der Waals surface area contributed by atoms with Crippen LogP contribution in [-0.4, -0.2) is 18.2 Å². The van der Waals surface area contributed by atoms with Crippen molar-refractivity contribution in [3.05, 3.63) is 29.1 Å². The van der Waals surface area contributed by atoms with Gasteiger partial charge in [0, 0.05) is 5.56 Å². The predicted octanol–water partition coefficient (Wildman–Crippen LogP) is 1.23. The first-order valence-electron chi connectivity index (χ1n) is 4.29. The minimum Gasteiger partial charge on any atom is -0.496 e. The number of aliphatic carboxylic acids is 1. The van der Waals surface area contributed by atoms with Gasteiger partial charge in [0.05, 0.1) is 7.11 Å². The van der Waals surface area contributed by atoms with E-state index in [1.807, 2.05) is 0 Å². The Bertz CT molecular complexity index is 392. The van der Waals surface area contributed by atoms with Crippen LogP contribution in [0.1, 0.15) is 17.2 Å². The van der Waals surface area contributed by atoms with Crippen molar-refractivity contribution < 1.29 is 19.0 Å². The van der Waals surface area contributed by atoms with Gasteiger partial charge in [0.15, 0.2) is 0 Å². The molecule has 0 heterocycles. The van der Waals surface area contributed by atoms with Crippen LogP contribution in [0, 0.1) is 12.7 Å². The summed E-state index contributed by atoms with van der Waals surface area (Å²) < 4.78 is 18.3. The molecule has 1 aromatic carbocycles. The molecule has 1 aromatic rings. The molecule has 15 heavy (non-hydrogen) atoms. The molecule has 1 unspecified atom stereocenters. The molecule has 3 N–H and O–H groups in total. The third-order valence-electron chi connectivity index (χ3n) is 2.12. The summed E-state index contributed by atoms with van der Waals surface area (Å²) in [4.78, 5) is 10.6. The summed E-state index contributed by atoms with van der Waals surface area (Å²) in [5.74, 6) is -1.49. The van der Waals surface area contributed by atoms with Crippen molar-refractivity contribution in [3.8, 4) is 5.75 Å². The van der Waals surface area contributed by atoms with E-state index in [9.17, 15) is 9.18 Å². The molecule has 0 aliphatic heterocycles. The summed E-state index contributed by atoms with van der Waals surface area (Å²) in [6.45, 7) is 1.66. The zero-order valence-electron chi connectivity index (χ0n) is 8.45. The highest BCUT2D eigenvalue weighted by Gasteiger charge is 2.20. The molecule has 0 saturated heterocycles. The van der Waals surface area contributed by atoms with E-state index in [1.54, 1.807) is 6.92 Å². The molecule has 0 aliphatic rings. The molecule has 1 atom stereocenters. The van der Waals surface area contributed by atoms with Gasteiger partial charge in [-0.3, -0.25) is 4.79 Å². The number of carboxylic acid groups (broad SMARTS) is 1. The van der Waals surface area contributed by atoms with Crippen molar-refractivity contribution >= 4 is 5.97 Å². The molecule has 0 aliphatic carbocycles. The van der Waals surface area contributed by atoms with E-state index in [0.717, 1.165) is 0 Å². The molecule has 0 amide bonds. The second-order valence-corrected chi connectivity index (χ2v) is 3.16. The monoisotopic (exact) mass is 213 g/mol. The number of halogens is 1. The summed E-state index contributed by atoms with van der Waals surface area (Å²) in [7, 11) is 1.43.